The Morgan fingerprint density at radius 2 is 2.04 bits per heavy atom. The largest absolute Gasteiger partial charge is 0.489 e. The number of nitrogens with zero attached hydrogens (tertiary/aromatic N) is 2. The molecule has 0 aliphatic heterocycles. The van der Waals surface area contributed by atoms with Crippen molar-refractivity contribution in [2.45, 2.75) is 13.5 Å². The predicted molar refractivity (Wildman–Crippen MR) is 106 cm³/mol. The number of amides is 1. The molecule has 0 atom stereocenters. The van der Waals surface area contributed by atoms with Gasteiger partial charge in [0.1, 0.15) is 12.4 Å². The Morgan fingerprint density at radius 1 is 1.22 bits per heavy atom. The number of halogens is 1. The third-order valence-corrected chi connectivity index (χ3v) is 4.24. The molecule has 0 saturated carbocycles. The van der Waals surface area contributed by atoms with Gasteiger partial charge in [0.05, 0.1) is 6.21 Å². The monoisotopic (exact) mass is 379 g/mol. The van der Waals surface area contributed by atoms with Gasteiger partial charge in [-0.05, 0) is 54.4 Å². The molecule has 1 heterocycles. The van der Waals surface area contributed by atoms with Crippen LogP contribution in [0, 0.1) is 6.92 Å². The van der Waals surface area contributed by atoms with Crippen LogP contribution in [0.1, 0.15) is 27.0 Å². The van der Waals surface area contributed by atoms with Gasteiger partial charge in [0.15, 0.2) is 0 Å². The quantitative estimate of drug-likeness (QED) is 0.510. The van der Waals surface area contributed by atoms with Crippen molar-refractivity contribution in [3.63, 3.8) is 0 Å². The molecule has 5 nitrogen and oxygen atoms in total. The maximum Gasteiger partial charge on any atom is 0.271 e. The van der Waals surface area contributed by atoms with E-state index < -0.39 is 0 Å². The maximum atomic E-state index is 12.1. The summed E-state index contributed by atoms with van der Waals surface area (Å²) in [6, 6.07) is 16.4. The van der Waals surface area contributed by atoms with Gasteiger partial charge in [-0.3, -0.25) is 9.78 Å². The zero-order valence-electron chi connectivity index (χ0n) is 14.7. The lowest BCUT2D eigenvalue weighted by molar-refractivity contribution is 0.0955. The Morgan fingerprint density at radius 3 is 2.74 bits per heavy atom. The van der Waals surface area contributed by atoms with Crippen molar-refractivity contribution in [3.8, 4) is 5.75 Å². The van der Waals surface area contributed by atoms with Crippen molar-refractivity contribution in [1.82, 2.24) is 10.4 Å². The summed E-state index contributed by atoms with van der Waals surface area (Å²) in [5.41, 5.74) is 5.74. The molecule has 1 amide bonds. The van der Waals surface area contributed by atoms with E-state index >= 15 is 0 Å². The van der Waals surface area contributed by atoms with Gasteiger partial charge in [-0.15, -0.1) is 0 Å². The van der Waals surface area contributed by atoms with E-state index in [2.05, 4.69) is 15.5 Å². The van der Waals surface area contributed by atoms with E-state index in [0.29, 0.717) is 17.2 Å². The minimum Gasteiger partial charge on any atom is -0.489 e. The number of hydrogen-bond donors (Lipinski definition) is 1. The predicted octanol–water partition coefficient (Wildman–Crippen LogP) is 4.39. The van der Waals surface area contributed by atoms with Crippen LogP contribution >= 0.6 is 11.6 Å². The second-order valence-corrected chi connectivity index (χ2v) is 6.29. The normalized spacial score (nSPS) is 10.7. The number of carbonyl (C=O) groups is 1. The minimum atomic E-state index is -0.282. The molecular weight excluding hydrogens is 362 g/mol. The summed E-state index contributed by atoms with van der Waals surface area (Å²) >= 11 is 6.01. The van der Waals surface area contributed by atoms with Gasteiger partial charge >= 0.3 is 0 Å². The van der Waals surface area contributed by atoms with Gasteiger partial charge in [0.2, 0.25) is 0 Å². The molecule has 27 heavy (non-hydrogen) atoms. The number of carbonyl (C=O) groups excluding carboxylic acids is 1. The average molecular weight is 380 g/mol. The molecule has 2 aromatic carbocycles. The molecule has 1 N–H and O–H groups in total. The third-order valence-electron chi connectivity index (χ3n) is 3.82. The van der Waals surface area contributed by atoms with Crippen molar-refractivity contribution in [1.29, 1.82) is 0 Å². The van der Waals surface area contributed by atoms with E-state index in [1.165, 1.54) is 0 Å². The summed E-state index contributed by atoms with van der Waals surface area (Å²) in [7, 11) is 0. The fraction of sp³-hybridized carbons (Fsp3) is 0.0952. The lowest BCUT2D eigenvalue weighted by Crippen LogP contribution is -2.17. The summed E-state index contributed by atoms with van der Waals surface area (Å²) in [5.74, 6) is 0.472. The van der Waals surface area contributed by atoms with Crippen molar-refractivity contribution in [2.75, 3.05) is 0 Å². The summed E-state index contributed by atoms with van der Waals surface area (Å²) in [6.45, 7) is 2.33. The smallest absolute Gasteiger partial charge is 0.271 e. The molecule has 0 fully saturated rings. The van der Waals surface area contributed by atoms with Gasteiger partial charge in [0, 0.05) is 28.5 Å². The standard InChI is InChI=1S/C21H18ClN3O2/c1-15-11-19(8-9-20(15)22)27-14-16-4-6-18(7-5-16)21(26)25-24-13-17-3-2-10-23-12-17/h2-13H,14H2,1H3,(H,25,26)/b24-13+. The fourth-order valence-corrected chi connectivity index (χ4v) is 2.43. The first-order valence-corrected chi connectivity index (χ1v) is 8.71. The number of aromatic nitrogens is 1. The second-order valence-electron chi connectivity index (χ2n) is 5.88. The molecular formula is C21H18ClN3O2. The van der Waals surface area contributed by atoms with Gasteiger partial charge in [-0.1, -0.05) is 29.8 Å². The molecule has 0 spiro atoms. The molecule has 1 aromatic heterocycles. The first-order chi connectivity index (χ1) is 13.1. The lowest BCUT2D eigenvalue weighted by Gasteiger charge is -2.08. The van der Waals surface area contributed by atoms with E-state index in [-0.39, 0.29) is 5.91 Å². The van der Waals surface area contributed by atoms with Crippen molar-refractivity contribution >= 4 is 23.7 Å². The Balaban J connectivity index is 1.53. The first kappa shape index (κ1) is 18.6. The van der Waals surface area contributed by atoms with Gasteiger partial charge in [0.25, 0.3) is 5.91 Å². The number of benzene rings is 2. The van der Waals surface area contributed by atoms with Gasteiger partial charge < -0.3 is 4.74 Å². The molecule has 3 aromatic rings. The number of hydrogen-bond acceptors (Lipinski definition) is 4. The number of rotatable bonds is 6. The Kier molecular flexibility index (Phi) is 6.18. The fourth-order valence-electron chi connectivity index (χ4n) is 2.31. The van der Waals surface area contributed by atoms with Crippen LogP contribution in [0.3, 0.4) is 0 Å². The van der Waals surface area contributed by atoms with E-state index in [0.717, 1.165) is 22.4 Å². The Hall–Kier alpha value is -3.18. The van der Waals surface area contributed by atoms with Crippen LogP contribution in [-0.4, -0.2) is 17.1 Å². The van der Waals surface area contributed by atoms with Crippen molar-refractivity contribution in [2.24, 2.45) is 5.10 Å². The summed E-state index contributed by atoms with van der Waals surface area (Å²) < 4.78 is 5.75. The van der Waals surface area contributed by atoms with Crippen LogP contribution in [0.25, 0.3) is 0 Å². The number of pyridine rings is 1. The summed E-state index contributed by atoms with van der Waals surface area (Å²) in [5, 5.41) is 4.64. The van der Waals surface area contributed by atoms with Crippen LogP contribution in [0.15, 0.2) is 72.1 Å². The van der Waals surface area contributed by atoms with E-state index in [9.17, 15) is 4.79 Å². The number of aryl methyl sites for hydroxylation is 1. The highest BCUT2D eigenvalue weighted by atomic mass is 35.5. The van der Waals surface area contributed by atoms with Crippen LogP contribution in [-0.2, 0) is 6.61 Å². The van der Waals surface area contributed by atoms with Gasteiger partial charge in [-0.2, -0.15) is 5.10 Å². The summed E-state index contributed by atoms with van der Waals surface area (Å²) in [4.78, 5) is 16.1. The molecule has 3 rings (SSSR count). The molecule has 0 saturated heterocycles. The number of hydrazone groups is 1. The van der Waals surface area contributed by atoms with Crippen molar-refractivity contribution in [3.05, 3.63) is 94.3 Å². The molecule has 0 aliphatic rings. The lowest BCUT2D eigenvalue weighted by atomic mass is 10.1. The number of ether oxygens (including phenoxy) is 1. The summed E-state index contributed by atoms with van der Waals surface area (Å²) in [6.07, 6.45) is 4.88. The second kappa shape index (κ2) is 8.96. The maximum absolute atomic E-state index is 12.1. The van der Waals surface area contributed by atoms with Crippen LogP contribution in [0.4, 0.5) is 0 Å². The van der Waals surface area contributed by atoms with Crippen LogP contribution in [0.5, 0.6) is 5.75 Å². The minimum absolute atomic E-state index is 0.282. The zero-order chi connectivity index (χ0) is 19.1. The van der Waals surface area contributed by atoms with Crippen molar-refractivity contribution < 1.29 is 9.53 Å². The highest BCUT2D eigenvalue weighted by Crippen LogP contribution is 2.21. The van der Waals surface area contributed by atoms with E-state index in [1.807, 2.05) is 43.3 Å². The van der Waals surface area contributed by atoms with Crippen LogP contribution in [0.2, 0.25) is 5.02 Å². The van der Waals surface area contributed by atoms with E-state index in [4.69, 9.17) is 16.3 Å². The molecule has 0 aliphatic carbocycles. The molecule has 6 heteroatoms. The molecule has 136 valence electrons. The topological polar surface area (TPSA) is 63.6 Å². The molecule has 0 unspecified atom stereocenters. The highest BCUT2D eigenvalue weighted by molar-refractivity contribution is 6.31. The molecule has 0 bridgehead atoms. The van der Waals surface area contributed by atoms with Crippen LogP contribution < -0.4 is 10.2 Å². The third kappa shape index (κ3) is 5.39. The highest BCUT2D eigenvalue weighted by Gasteiger charge is 2.05. The Labute approximate surface area is 162 Å². The SMILES string of the molecule is Cc1cc(OCc2ccc(C(=O)N/N=C/c3cccnc3)cc2)ccc1Cl. The molecule has 0 radical (unpaired) electrons. The zero-order valence-corrected chi connectivity index (χ0v) is 15.5. The van der Waals surface area contributed by atoms with E-state index in [1.54, 1.807) is 36.8 Å². The average Bonchev–Trinajstić information content (AvgIpc) is 2.70. The first-order valence-electron chi connectivity index (χ1n) is 8.33. The Bertz CT molecular complexity index is 941. The number of nitrogens with one attached hydrogen (secondary N) is 1. The van der Waals surface area contributed by atoms with Gasteiger partial charge in [-0.25, -0.2) is 5.43 Å².